The van der Waals surface area contributed by atoms with Gasteiger partial charge in [0.25, 0.3) is 0 Å². The van der Waals surface area contributed by atoms with Crippen molar-refractivity contribution in [2.75, 3.05) is 31.9 Å². The van der Waals surface area contributed by atoms with Crippen LogP contribution < -0.4 is 5.69 Å². The SMILES string of the molecule is O=C(CSc1n[nH]c(=O)n1Cc1ccccc1)N1CCN(S(=O)(=O)c2cccc(F)c2)CC1. The highest BCUT2D eigenvalue weighted by molar-refractivity contribution is 7.99. The maximum absolute atomic E-state index is 13.4. The van der Waals surface area contributed by atoms with Gasteiger partial charge < -0.3 is 4.90 Å². The van der Waals surface area contributed by atoms with Crippen LogP contribution in [0.1, 0.15) is 5.56 Å². The molecule has 3 aromatic rings. The first-order chi connectivity index (χ1) is 15.8. The summed E-state index contributed by atoms with van der Waals surface area (Å²) >= 11 is 1.15. The highest BCUT2D eigenvalue weighted by atomic mass is 32.2. The lowest BCUT2D eigenvalue weighted by molar-refractivity contribution is -0.129. The van der Waals surface area contributed by atoms with Crippen LogP contribution in [0.25, 0.3) is 0 Å². The van der Waals surface area contributed by atoms with Gasteiger partial charge >= 0.3 is 5.69 Å². The van der Waals surface area contributed by atoms with Crippen LogP contribution in [0.2, 0.25) is 0 Å². The Morgan fingerprint density at radius 3 is 2.48 bits per heavy atom. The van der Waals surface area contributed by atoms with Gasteiger partial charge in [-0.05, 0) is 23.8 Å². The predicted octanol–water partition coefficient (Wildman–Crippen LogP) is 1.38. The molecule has 0 atom stereocenters. The molecular weight excluding hydrogens is 469 g/mol. The monoisotopic (exact) mass is 491 g/mol. The van der Waals surface area contributed by atoms with E-state index in [2.05, 4.69) is 10.2 Å². The second kappa shape index (κ2) is 9.89. The standard InChI is InChI=1S/C21H22FN5O4S2/c22-17-7-4-8-18(13-17)33(30,31)26-11-9-25(10-12-26)19(28)15-32-21-24-23-20(29)27(21)14-16-5-2-1-3-6-16/h1-8,13H,9-12,14-15H2,(H,23,29). The Hall–Kier alpha value is -2.96. The molecule has 1 amide bonds. The van der Waals surface area contributed by atoms with E-state index < -0.39 is 15.8 Å². The van der Waals surface area contributed by atoms with Crippen molar-refractivity contribution >= 4 is 27.7 Å². The van der Waals surface area contributed by atoms with Crippen LogP contribution in [0.4, 0.5) is 4.39 Å². The fraction of sp³-hybridized carbons (Fsp3) is 0.286. The molecule has 0 bridgehead atoms. The lowest BCUT2D eigenvalue weighted by atomic mass is 10.2. The van der Waals surface area contributed by atoms with Crippen LogP contribution >= 0.6 is 11.8 Å². The van der Waals surface area contributed by atoms with E-state index in [4.69, 9.17) is 0 Å². The van der Waals surface area contributed by atoms with Gasteiger partial charge in [-0.25, -0.2) is 22.7 Å². The highest BCUT2D eigenvalue weighted by Gasteiger charge is 2.30. The first kappa shape index (κ1) is 23.2. The fourth-order valence-corrected chi connectivity index (χ4v) is 5.79. The Morgan fingerprint density at radius 2 is 1.79 bits per heavy atom. The third kappa shape index (κ3) is 5.34. The number of aromatic nitrogens is 3. The fourth-order valence-electron chi connectivity index (χ4n) is 3.49. The molecule has 33 heavy (non-hydrogen) atoms. The van der Waals surface area contributed by atoms with E-state index in [1.165, 1.54) is 27.1 Å². The lowest BCUT2D eigenvalue weighted by Gasteiger charge is -2.34. The maximum atomic E-state index is 13.4. The molecule has 1 aromatic heterocycles. The van der Waals surface area contributed by atoms with Crippen molar-refractivity contribution in [3.8, 4) is 0 Å². The van der Waals surface area contributed by atoms with Gasteiger partial charge in [0.05, 0.1) is 17.2 Å². The van der Waals surface area contributed by atoms with Crippen molar-refractivity contribution in [3.63, 3.8) is 0 Å². The molecule has 1 N–H and O–H groups in total. The number of rotatable bonds is 7. The number of piperazine rings is 1. The van der Waals surface area contributed by atoms with Gasteiger partial charge in [0.1, 0.15) is 5.82 Å². The summed E-state index contributed by atoms with van der Waals surface area (Å²) in [5, 5.41) is 6.83. The van der Waals surface area contributed by atoms with Crippen LogP contribution in [0.5, 0.6) is 0 Å². The van der Waals surface area contributed by atoms with E-state index in [1.807, 2.05) is 30.3 Å². The molecule has 0 radical (unpaired) electrons. The number of H-pyrrole nitrogens is 1. The predicted molar refractivity (Wildman–Crippen MR) is 121 cm³/mol. The lowest BCUT2D eigenvalue weighted by Crippen LogP contribution is -2.51. The summed E-state index contributed by atoms with van der Waals surface area (Å²) in [6.45, 7) is 1.03. The minimum Gasteiger partial charge on any atom is -0.339 e. The van der Waals surface area contributed by atoms with Gasteiger partial charge in [-0.3, -0.25) is 9.36 Å². The molecule has 1 aliphatic rings. The number of thioether (sulfide) groups is 1. The maximum Gasteiger partial charge on any atom is 0.344 e. The number of benzene rings is 2. The number of hydrogen-bond donors (Lipinski definition) is 1. The summed E-state index contributed by atoms with van der Waals surface area (Å²) in [7, 11) is -3.82. The molecule has 0 unspecified atom stereocenters. The molecule has 2 heterocycles. The second-order valence-corrected chi connectivity index (χ2v) is 10.3. The van der Waals surface area contributed by atoms with Crippen LogP contribution in [0.15, 0.2) is 69.4 Å². The van der Waals surface area contributed by atoms with Gasteiger partial charge in [0.2, 0.25) is 15.9 Å². The topological polar surface area (TPSA) is 108 Å². The average Bonchev–Trinajstić information content (AvgIpc) is 3.17. The molecular formula is C21H22FN5O4S2. The summed E-state index contributed by atoms with van der Waals surface area (Å²) in [6, 6.07) is 14.3. The number of amides is 1. The normalized spacial score (nSPS) is 15.0. The van der Waals surface area contributed by atoms with Crippen LogP contribution in [-0.4, -0.2) is 70.2 Å². The molecule has 0 saturated carbocycles. The molecule has 1 saturated heterocycles. The van der Waals surface area contributed by atoms with Crippen molar-refractivity contribution in [2.45, 2.75) is 16.6 Å². The third-order valence-electron chi connectivity index (χ3n) is 5.26. The van der Waals surface area contributed by atoms with E-state index in [0.717, 1.165) is 23.4 Å². The summed E-state index contributed by atoms with van der Waals surface area (Å²) in [5.41, 5.74) is 0.578. The Bertz CT molecular complexity index is 1290. The van der Waals surface area contributed by atoms with Crippen molar-refractivity contribution in [3.05, 3.63) is 76.5 Å². The number of carbonyl (C=O) groups is 1. The van der Waals surface area contributed by atoms with E-state index in [-0.39, 0.29) is 48.4 Å². The molecule has 174 valence electrons. The smallest absolute Gasteiger partial charge is 0.339 e. The van der Waals surface area contributed by atoms with Crippen molar-refractivity contribution in [2.24, 2.45) is 0 Å². The minimum absolute atomic E-state index is 0.0652. The van der Waals surface area contributed by atoms with Crippen LogP contribution in [0, 0.1) is 5.82 Å². The molecule has 1 aliphatic heterocycles. The van der Waals surface area contributed by atoms with Crippen molar-refractivity contribution < 1.29 is 17.6 Å². The molecule has 12 heteroatoms. The molecule has 0 spiro atoms. The second-order valence-electron chi connectivity index (χ2n) is 7.41. The zero-order valence-corrected chi connectivity index (χ0v) is 19.2. The van der Waals surface area contributed by atoms with Gasteiger partial charge in [-0.1, -0.05) is 48.2 Å². The number of nitrogens with zero attached hydrogens (tertiary/aromatic N) is 4. The van der Waals surface area contributed by atoms with Crippen LogP contribution in [0.3, 0.4) is 0 Å². The van der Waals surface area contributed by atoms with E-state index >= 15 is 0 Å². The number of carbonyl (C=O) groups excluding carboxylic acids is 1. The molecule has 1 fully saturated rings. The zero-order chi connectivity index (χ0) is 23.4. The van der Waals surface area contributed by atoms with E-state index in [0.29, 0.717) is 11.7 Å². The number of hydrogen-bond acceptors (Lipinski definition) is 6. The quantitative estimate of drug-likeness (QED) is 0.501. The van der Waals surface area contributed by atoms with E-state index in [1.54, 1.807) is 4.90 Å². The summed E-state index contributed by atoms with van der Waals surface area (Å²) in [4.78, 5) is 26.3. The van der Waals surface area contributed by atoms with Crippen molar-refractivity contribution in [1.82, 2.24) is 24.0 Å². The highest BCUT2D eigenvalue weighted by Crippen LogP contribution is 2.20. The van der Waals surface area contributed by atoms with Crippen molar-refractivity contribution in [1.29, 1.82) is 0 Å². The molecule has 4 rings (SSSR count). The van der Waals surface area contributed by atoms with Gasteiger partial charge in [-0.2, -0.15) is 4.31 Å². The average molecular weight is 492 g/mol. The van der Waals surface area contributed by atoms with Crippen LogP contribution in [-0.2, 0) is 21.4 Å². The largest absolute Gasteiger partial charge is 0.344 e. The molecule has 2 aromatic carbocycles. The number of halogens is 1. The summed E-state index contributed by atoms with van der Waals surface area (Å²) in [5.74, 6) is -0.731. The Labute approximate surface area is 194 Å². The molecule has 9 nitrogen and oxygen atoms in total. The number of aromatic amines is 1. The Morgan fingerprint density at radius 1 is 1.06 bits per heavy atom. The summed E-state index contributed by atoms with van der Waals surface area (Å²) in [6.07, 6.45) is 0. The number of nitrogens with one attached hydrogen (secondary N) is 1. The Kier molecular flexibility index (Phi) is 6.96. The Balaban J connectivity index is 1.34. The third-order valence-corrected chi connectivity index (χ3v) is 8.11. The first-order valence-corrected chi connectivity index (χ1v) is 12.6. The molecule has 0 aliphatic carbocycles. The van der Waals surface area contributed by atoms with E-state index in [9.17, 15) is 22.4 Å². The minimum atomic E-state index is -3.82. The van der Waals surface area contributed by atoms with Gasteiger partial charge in [0.15, 0.2) is 5.16 Å². The number of sulfonamides is 1. The van der Waals surface area contributed by atoms with Gasteiger partial charge in [-0.15, -0.1) is 5.10 Å². The van der Waals surface area contributed by atoms with Gasteiger partial charge in [0, 0.05) is 26.2 Å². The summed E-state index contributed by atoms with van der Waals surface area (Å²) < 4.78 is 41.6. The first-order valence-electron chi connectivity index (χ1n) is 10.2. The zero-order valence-electron chi connectivity index (χ0n) is 17.6.